The summed E-state index contributed by atoms with van der Waals surface area (Å²) in [5, 5.41) is 0. The lowest BCUT2D eigenvalue weighted by atomic mass is 10.1. The van der Waals surface area contributed by atoms with Crippen molar-refractivity contribution in [2.24, 2.45) is 0 Å². The van der Waals surface area contributed by atoms with E-state index in [1.807, 2.05) is 35.2 Å². The minimum absolute atomic E-state index is 0.140. The van der Waals surface area contributed by atoms with Crippen LogP contribution in [0, 0.1) is 0 Å². The number of hydrogen-bond donors (Lipinski definition) is 0. The van der Waals surface area contributed by atoms with Gasteiger partial charge in [-0.25, -0.2) is 0 Å². The maximum atomic E-state index is 12.4. The molecule has 0 N–H and O–H groups in total. The number of amides is 1. The fourth-order valence-electron chi connectivity index (χ4n) is 2.87. The number of hydrogen-bond acceptors (Lipinski definition) is 2. The normalized spacial score (nSPS) is 15.0. The van der Waals surface area contributed by atoms with Crippen LogP contribution in [0.1, 0.15) is 22.8 Å². The summed E-state index contributed by atoms with van der Waals surface area (Å²) in [6, 6.07) is 18.3. The largest absolute Gasteiger partial charge is 0.368 e. The van der Waals surface area contributed by atoms with Crippen LogP contribution in [0.5, 0.6) is 0 Å². The van der Waals surface area contributed by atoms with Gasteiger partial charge in [-0.05, 0) is 36.2 Å². The lowest BCUT2D eigenvalue weighted by Crippen LogP contribution is -2.48. The zero-order valence-corrected chi connectivity index (χ0v) is 13.0. The summed E-state index contributed by atoms with van der Waals surface area (Å²) in [7, 11) is 0. The Kier molecular flexibility index (Phi) is 4.42. The molecular formula is C19H22N2O. The molecule has 0 aliphatic carbocycles. The quantitative estimate of drug-likeness (QED) is 0.868. The van der Waals surface area contributed by atoms with Gasteiger partial charge in [-0.2, -0.15) is 0 Å². The number of aryl methyl sites for hydroxylation is 1. The summed E-state index contributed by atoms with van der Waals surface area (Å²) in [5.41, 5.74) is 3.40. The van der Waals surface area contributed by atoms with Crippen LogP contribution >= 0.6 is 0 Å². The third kappa shape index (κ3) is 3.14. The fraction of sp³-hybridized carbons (Fsp3) is 0.316. The van der Waals surface area contributed by atoms with E-state index in [2.05, 4.69) is 36.1 Å². The Labute approximate surface area is 132 Å². The van der Waals surface area contributed by atoms with Crippen molar-refractivity contribution < 1.29 is 4.79 Å². The number of carbonyl (C=O) groups excluding carboxylic acids is 1. The second kappa shape index (κ2) is 6.65. The molecule has 0 bridgehead atoms. The molecule has 3 rings (SSSR count). The first-order valence-corrected chi connectivity index (χ1v) is 7.96. The Hall–Kier alpha value is -2.29. The van der Waals surface area contributed by atoms with Gasteiger partial charge in [0.2, 0.25) is 0 Å². The molecule has 0 unspecified atom stereocenters. The lowest BCUT2D eigenvalue weighted by molar-refractivity contribution is 0.0747. The molecule has 1 fully saturated rings. The highest BCUT2D eigenvalue weighted by molar-refractivity contribution is 5.94. The van der Waals surface area contributed by atoms with E-state index in [9.17, 15) is 4.79 Å². The summed E-state index contributed by atoms with van der Waals surface area (Å²) >= 11 is 0. The molecular weight excluding hydrogens is 272 g/mol. The maximum absolute atomic E-state index is 12.4. The predicted molar refractivity (Wildman–Crippen MR) is 90.4 cm³/mol. The highest BCUT2D eigenvalue weighted by Gasteiger charge is 2.22. The standard InChI is InChI=1S/C19H22N2O/c1-2-16-8-10-18(11-9-16)20-12-14-21(15-13-20)19(22)17-6-4-3-5-7-17/h3-11H,2,12-15H2,1H3. The van der Waals surface area contributed by atoms with Gasteiger partial charge < -0.3 is 9.80 Å². The van der Waals surface area contributed by atoms with Crippen LogP contribution in [0.15, 0.2) is 54.6 Å². The van der Waals surface area contributed by atoms with Crippen LogP contribution in [-0.2, 0) is 6.42 Å². The number of benzene rings is 2. The van der Waals surface area contributed by atoms with Gasteiger partial charge in [0, 0.05) is 37.4 Å². The Morgan fingerprint density at radius 3 is 2.14 bits per heavy atom. The van der Waals surface area contributed by atoms with E-state index in [0.29, 0.717) is 0 Å². The lowest BCUT2D eigenvalue weighted by Gasteiger charge is -2.36. The zero-order chi connectivity index (χ0) is 15.4. The third-order valence-corrected chi connectivity index (χ3v) is 4.30. The fourth-order valence-corrected chi connectivity index (χ4v) is 2.87. The molecule has 3 nitrogen and oxygen atoms in total. The Balaban J connectivity index is 1.61. The van der Waals surface area contributed by atoms with Crippen LogP contribution in [0.25, 0.3) is 0 Å². The van der Waals surface area contributed by atoms with Crippen molar-refractivity contribution in [1.82, 2.24) is 4.90 Å². The maximum Gasteiger partial charge on any atom is 0.253 e. The molecule has 2 aromatic carbocycles. The first kappa shape index (κ1) is 14.6. The van der Waals surface area contributed by atoms with Crippen LogP contribution < -0.4 is 4.90 Å². The summed E-state index contributed by atoms with van der Waals surface area (Å²) in [5.74, 6) is 0.140. The number of piperazine rings is 1. The van der Waals surface area contributed by atoms with Gasteiger partial charge in [0.25, 0.3) is 5.91 Å². The average Bonchev–Trinajstić information content (AvgIpc) is 2.62. The van der Waals surface area contributed by atoms with Crippen LogP contribution in [0.4, 0.5) is 5.69 Å². The summed E-state index contributed by atoms with van der Waals surface area (Å²) in [6.07, 6.45) is 1.07. The molecule has 1 heterocycles. The smallest absolute Gasteiger partial charge is 0.253 e. The molecule has 114 valence electrons. The second-order valence-electron chi connectivity index (χ2n) is 5.67. The minimum Gasteiger partial charge on any atom is -0.368 e. The minimum atomic E-state index is 0.140. The number of nitrogens with zero attached hydrogens (tertiary/aromatic N) is 2. The van der Waals surface area contributed by atoms with Gasteiger partial charge in [0.1, 0.15) is 0 Å². The second-order valence-corrected chi connectivity index (χ2v) is 5.67. The molecule has 1 aliphatic heterocycles. The molecule has 1 aliphatic rings. The SMILES string of the molecule is CCc1ccc(N2CCN(C(=O)c3ccccc3)CC2)cc1. The molecule has 1 saturated heterocycles. The molecule has 0 saturated carbocycles. The van der Waals surface area contributed by atoms with E-state index in [-0.39, 0.29) is 5.91 Å². The van der Waals surface area contributed by atoms with Gasteiger partial charge >= 0.3 is 0 Å². The Bertz CT molecular complexity index is 614. The van der Waals surface area contributed by atoms with Crippen LogP contribution in [-0.4, -0.2) is 37.0 Å². The van der Waals surface area contributed by atoms with E-state index in [1.165, 1.54) is 11.3 Å². The predicted octanol–water partition coefficient (Wildman–Crippen LogP) is 3.21. The van der Waals surface area contributed by atoms with Crippen molar-refractivity contribution >= 4 is 11.6 Å². The number of carbonyl (C=O) groups is 1. The molecule has 2 aromatic rings. The van der Waals surface area contributed by atoms with Gasteiger partial charge in [-0.1, -0.05) is 37.3 Å². The van der Waals surface area contributed by atoms with Crippen molar-refractivity contribution in [3.8, 4) is 0 Å². The van der Waals surface area contributed by atoms with E-state index in [0.717, 1.165) is 38.2 Å². The van der Waals surface area contributed by atoms with Crippen LogP contribution in [0.2, 0.25) is 0 Å². The molecule has 0 radical (unpaired) electrons. The number of anilines is 1. The van der Waals surface area contributed by atoms with Crippen molar-refractivity contribution in [1.29, 1.82) is 0 Å². The number of rotatable bonds is 3. The zero-order valence-electron chi connectivity index (χ0n) is 13.0. The summed E-state index contributed by atoms with van der Waals surface area (Å²) in [4.78, 5) is 16.7. The summed E-state index contributed by atoms with van der Waals surface area (Å²) < 4.78 is 0. The van der Waals surface area contributed by atoms with Crippen molar-refractivity contribution in [3.63, 3.8) is 0 Å². The third-order valence-electron chi connectivity index (χ3n) is 4.30. The molecule has 22 heavy (non-hydrogen) atoms. The monoisotopic (exact) mass is 294 g/mol. The molecule has 1 amide bonds. The molecule has 0 aromatic heterocycles. The van der Waals surface area contributed by atoms with E-state index in [1.54, 1.807) is 0 Å². The summed E-state index contributed by atoms with van der Waals surface area (Å²) in [6.45, 7) is 5.52. The van der Waals surface area contributed by atoms with Crippen molar-refractivity contribution in [3.05, 3.63) is 65.7 Å². The van der Waals surface area contributed by atoms with Gasteiger partial charge in [0.15, 0.2) is 0 Å². The van der Waals surface area contributed by atoms with E-state index >= 15 is 0 Å². The van der Waals surface area contributed by atoms with Gasteiger partial charge in [-0.3, -0.25) is 4.79 Å². The highest BCUT2D eigenvalue weighted by atomic mass is 16.2. The Morgan fingerprint density at radius 1 is 0.909 bits per heavy atom. The Morgan fingerprint density at radius 2 is 1.55 bits per heavy atom. The topological polar surface area (TPSA) is 23.6 Å². The molecule has 3 heteroatoms. The van der Waals surface area contributed by atoms with Crippen molar-refractivity contribution in [2.75, 3.05) is 31.1 Å². The first-order valence-electron chi connectivity index (χ1n) is 7.96. The highest BCUT2D eigenvalue weighted by Crippen LogP contribution is 2.18. The van der Waals surface area contributed by atoms with E-state index < -0.39 is 0 Å². The van der Waals surface area contributed by atoms with Gasteiger partial charge in [0.05, 0.1) is 0 Å². The average molecular weight is 294 g/mol. The molecule has 0 atom stereocenters. The van der Waals surface area contributed by atoms with Gasteiger partial charge in [-0.15, -0.1) is 0 Å². The van der Waals surface area contributed by atoms with Crippen LogP contribution in [0.3, 0.4) is 0 Å². The van der Waals surface area contributed by atoms with Crippen molar-refractivity contribution in [2.45, 2.75) is 13.3 Å². The molecule has 0 spiro atoms. The first-order chi connectivity index (χ1) is 10.8. The van der Waals surface area contributed by atoms with E-state index in [4.69, 9.17) is 0 Å².